The second-order valence-electron chi connectivity index (χ2n) is 6.19. The molecule has 148 valence electrons. The number of hydrogen-bond acceptors (Lipinski definition) is 4. The highest BCUT2D eigenvalue weighted by Crippen LogP contribution is 2.34. The Morgan fingerprint density at radius 3 is 2.34 bits per heavy atom. The van der Waals surface area contributed by atoms with Gasteiger partial charge in [0.15, 0.2) is 5.78 Å². The molecule has 1 amide bonds. The van der Waals surface area contributed by atoms with Crippen molar-refractivity contribution in [2.24, 2.45) is 0 Å². The first kappa shape index (κ1) is 20.1. The van der Waals surface area contributed by atoms with Gasteiger partial charge in [-0.15, -0.1) is 0 Å². The van der Waals surface area contributed by atoms with E-state index in [4.69, 9.17) is 0 Å². The van der Waals surface area contributed by atoms with Gasteiger partial charge in [-0.2, -0.15) is 13.2 Å². The van der Waals surface area contributed by atoms with Gasteiger partial charge in [0.25, 0.3) is 5.91 Å². The summed E-state index contributed by atoms with van der Waals surface area (Å²) in [4.78, 5) is 27.9. The second-order valence-corrected chi connectivity index (χ2v) is 6.19. The minimum atomic E-state index is -4.58. The number of rotatable bonds is 5. The van der Waals surface area contributed by atoms with Gasteiger partial charge in [-0.1, -0.05) is 24.3 Å². The van der Waals surface area contributed by atoms with Crippen LogP contribution in [0.15, 0.2) is 66.9 Å². The van der Waals surface area contributed by atoms with Crippen molar-refractivity contribution in [2.75, 3.05) is 10.6 Å². The molecule has 1 aromatic heterocycles. The van der Waals surface area contributed by atoms with Gasteiger partial charge in [0.05, 0.1) is 16.8 Å². The Balaban J connectivity index is 1.73. The van der Waals surface area contributed by atoms with E-state index in [1.165, 1.54) is 43.5 Å². The fourth-order valence-electron chi connectivity index (χ4n) is 2.60. The summed E-state index contributed by atoms with van der Waals surface area (Å²) in [6.45, 7) is 1.46. The molecule has 0 spiro atoms. The lowest BCUT2D eigenvalue weighted by Crippen LogP contribution is -2.16. The number of amides is 1. The molecule has 8 heteroatoms. The average Bonchev–Trinajstić information content (AvgIpc) is 2.68. The summed E-state index contributed by atoms with van der Waals surface area (Å²) in [6, 6.07) is 14.5. The van der Waals surface area contributed by atoms with Gasteiger partial charge in [0.2, 0.25) is 0 Å². The van der Waals surface area contributed by atoms with Gasteiger partial charge < -0.3 is 10.6 Å². The number of carbonyl (C=O) groups is 2. The highest BCUT2D eigenvalue weighted by Gasteiger charge is 2.33. The first-order valence-electron chi connectivity index (χ1n) is 8.56. The maximum atomic E-state index is 13.0. The zero-order valence-corrected chi connectivity index (χ0v) is 15.2. The van der Waals surface area contributed by atoms with Crippen molar-refractivity contribution in [1.82, 2.24) is 4.98 Å². The van der Waals surface area contributed by atoms with Crippen LogP contribution in [0.1, 0.15) is 33.2 Å². The number of para-hydroxylation sites is 1. The topological polar surface area (TPSA) is 71.1 Å². The van der Waals surface area contributed by atoms with Crippen molar-refractivity contribution in [3.05, 3.63) is 83.6 Å². The minimum absolute atomic E-state index is 0.0761. The largest absolute Gasteiger partial charge is 0.418 e. The second kappa shape index (κ2) is 8.14. The molecule has 0 aliphatic rings. The van der Waals surface area contributed by atoms with Gasteiger partial charge in [0.1, 0.15) is 5.82 Å². The SMILES string of the molecule is CC(=O)c1cccc(Nc2ccc(C(=O)Nc3ccccc3C(F)(F)F)cn2)c1. The molecule has 3 rings (SSSR count). The Morgan fingerprint density at radius 1 is 0.931 bits per heavy atom. The van der Waals surface area contributed by atoms with Crippen LogP contribution >= 0.6 is 0 Å². The smallest absolute Gasteiger partial charge is 0.340 e. The molecule has 0 fully saturated rings. The fraction of sp³-hybridized carbons (Fsp3) is 0.0952. The Kier molecular flexibility index (Phi) is 5.63. The van der Waals surface area contributed by atoms with Crippen molar-refractivity contribution >= 4 is 28.9 Å². The molecule has 0 aliphatic heterocycles. The summed E-state index contributed by atoms with van der Waals surface area (Å²) in [7, 11) is 0. The number of benzene rings is 2. The molecule has 5 nitrogen and oxygen atoms in total. The number of Topliss-reactive ketones (excluding diaryl/α,β-unsaturated/α-hetero) is 1. The third kappa shape index (κ3) is 4.98. The Bertz CT molecular complexity index is 1050. The van der Waals surface area contributed by atoms with Gasteiger partial charge in [-0.25, -0.2) is 4.98 Å². The van der Waals surface area contributed by atoms with E-state index in [1.807, 2.05) is 0 Å². The molecule has 0 aliphatic carbocycles. The van der Waals surface area contributed by atoms with Gasteiger partial charge >= 0.3 is 6.18 Å². The van der Waals surface area contributed by atoms with Crippen molar-refractivity contribution in [2.45, 2.75) is 13.1 Å². The van der Waals surface area contributed by atoms with Crippen LogP contribution in [0.3, 0.4) is 0 Å². The average molecular weight is 399 g/mol. The number of hydrogen-bond donors (Lipinski definition) is 2. The van der Waals surface area contributed by atoms with Crippen molar-refractivity contribution < 1.29 is 22.8 Å². The van der Waals surface area contributed by atoms with Gasteiger partial charge in [0, 0.05) is 17.4 Å². The zero-order valence-electron chi connectivity index (χ0n) is 15.2. The Hall–Kier alpha value is -3.68. The van der Waals surface area contributed by atoms with E-state index in [2.05, 4.69) is 15.6 Å². The first-order valence-corrected chi connectivity index (χ1v) is 8.56. The first-order chi connectivity index (χ1) is 13.7. The fourth-order valence-corrected chi connectivity index (χ4v) is 2.60. The maximum Gasteiger partial charge on any atom is 0.418 e. The molecule has 2 aromatic carbocycles. The number of alkyl halides is 3. The monoisotopic (exact) mass is 399 g/mol. The molecule has 3 aromatic rings. The molecular formula is C21H16F3N3O2. The number of carbonyl (C=O) groups excluding carboxylic acids is 2. The molecule has 2 N–H and O–H groups in total. The molecule has 29 heavy (non-hydrogen) atoms. The third-order valence-electron chi connectivity index (χ3n) is 4.05. The highest BCUT2D eigenvalue weighted by molar-refractivity contribution is 6.04. The van der Waals surface area contributed by atoms with E-state index in [0.29, 0.717) is 17.1 Å². The summed E-state index contributed by atoms with van der Waals surface area (Å²) < 4.78 is 39.1. The normalized spacial score (nSPS) is 11.0. The molecule has 0 saturated heterocycles. The van der Waals surface area contributed by atoms with Crippen molar-refractivity contribution in [3.63, 3.8) is 0 Å². The minimum Gasteiger partial charge on any atom is -0.340 e. The summed E-state index contributed by atoms with van der Waals surface area (Å²) in [5.74, 6) is -0.370. The standard InChI is InChI=1S/C21H16F3N3O2/c1-13(28)14-5-4-6-16(11-14)26-19-10-9-15(12-25-19)20(29)27-18-8-3-2-7-17(18)21(22,23)24/h2-12H,1H3,(H,25,26)(H,27,29). The quantitative estimate of drug-likeness (QED) is 0.571. The van der Waals surface area contributed by atoms with Crippen LogP contribution < -0.4 is 10.6 Å². The van der Waals surface area contributed by atoms with Crippen molar-refractivity contribution in [1.29, 1.82) is 0 Å². The summed E-state index contributed by atoms with van der Waals surface area (Å²) in [5, 5.41) is 5.27. The zero-order chi connectivity index (χ0) is 21.0. The number of halogens is 3. The molecule has 0 radical (unpaired) electrons. The third-order valence-corrected chi connectivity index (χ3v) is 4.05. The highest BCUT2D eigenvalue weighted by atomic mass is 19.4. The van der Waals surface area contributed by atoms with Crippen LogP contribution in [0, 0.1) is 0 Å². The van der Waals surface area contributed by atoms with Crippen molar-refractivity contribution in [3.8, 4) is 0 Å². The van der Waals surface area contributed by atoms with E-state index in [0.717, 1.165) is 6.07 Å². The van der Waals surface area contributed by atoms with Crippen LogP contribution in [-0.2, 0) is 6.18 Å². The van der Waals surface area contributed by atoms with E-state index >= 15 is 0 Å². The number of pyridine rings is 1. The number of ketones is 1. The van der Waals surface area contributed by atoms with Crippen LogP contribution in [-0.4, -0.2) is 16.7 Å². The Labute approximate surface area is 164 Å². The summed E-state index contributed by atoms with van der Waals surface area (Å²) >= 11 is 0. The molecule has 0 saturated carbocycles. The van der Waals surface area contributed by atoms with Crippen LogP contribution in [0.5, 0.6) is 0 Å². The Morgan fingerprint density at radius 2 is 1.69 bits per heavy atom. The number of anilines is 3. The maximum absolute atomic E-state index is 13.0. The van der Waals surface area contributed by atoms with E-state index < -0.39 is 17.6 Å². The van der Waals surface area contributed by atoms with E-state index in [1.54, 1.807) is 24.3 Å². The van der Waals surface area contributed by atoms with E-state index in [9.17, 15) is 22.8 Å². The molecule has 1 heterocycles. The number of nitrogens with one attached hydrogen (secondary N) is 2. The van der Waals surface area contributed by atoms with Gasteiger partial charge in [-0.3, -0.25) is 9.59 Å². The molecular weight excluding hydrogens is 383 g/mol. The number of aromatic nitrogens is 1. The lowest BCUT2D eigenvalue weighted by Gasteiger charge is -2.13. The van der Waals surface area contributed by atoms with Crippen LogP contribution in [0.2, 0.25) is 0 Å². The molecule has 0 unspecified atom stereocenters. The predicted molar refractivity (Wildman–Crippen MR) is 103 cm³/mol. The lowest BCUT2D eigenvalue weighted by molar-refractivity contribution is -0.136. The molecule has 0 bridgehead atoms. The predicted octanol–water partition coefficient (Wildman–Crippen LogP) is 5.30. The summed E-state index contributed by atoms with van der Waals surface area (Å²) in [5.41, 5.74) is 0.0269. The number of nitrogens with zero attached hydrogens (tertiary/aromatic N) is 1. The lowest BCUT2D eigenvalue weighted by atomic mass is 10.1. The van der Waals surface area contributed by atoms with Gasteiger partial charge in [-0.05, 0) is 43.3 Å². The molecule has 0 atom stereocenters. The van der Waals surface area contributed by atoms with Crippen LogP contribution in [0.25, 0.3) is 0 Å². The van der Waals surface area contributed by atoms with Crippen LogP contribution in [0.4, 0.5) is 30.4 Å². The van der Waals surface area contributed by atoms with E-state index in [-0.39, 0.29) is 17.0 Å². The summed E-state index contributed by atoms with van der Waals surface area (Å²) in [6.07, 6.45) is -3.33.